The Morgan fingerprint density at radius 2 is 1.73 bits per heavy atom. The molecule has 0 bridgehead atoms. The molecule has 0 radical (unpaired) electrons. The van der Waals surface area contributed by atoms with Crippen molar-refractivity contribution in [2.75, 3.05) is 19.8 Å². The van der Waals surface area contributed by atoms with Crippen LogP contribution in [0, 0.1) is 0 Å². The van der Waals surface area contributed by atoms with E-state index in [1.54, 1.807) is 0 Å². The highest BCUT2D eigenvalue weighted by Gasteiger charge is 2.05. The van der Waals surface area contributed by atoms with E-state index in [9.17, 15) is 0 Å². The summed E-state index contributed by atoms with van der Waals surface area (Å²) >= 11 is 0. The van der Waals surface area contributed by atoms with Gasteiger partial charge in [0.1, 0.15) is 0 Å². The molecule has 1 unspecified atom stereocenters. The quantitative estimate of drug-likeness (QED) is 0.534. The Hall–Kier alpha value is -0.0800. The van der Waals surface area contributed by atoms with Crippen LogP contribution in [0.3, 0.4) is 0 Å². The van der Waals surface area contributed by atoms with Crippen LogP contribution < -0.4 is 5.32 Å². The molecule has 0 rings (SSSR count). The van der Waals surface area contributed by atoms with E-state index in [0.717, 1.165) is 26.2 Å². The maximum atomic E-state index is 5.59. The van der Waals surface area contributed by atoms with Gasteiger partial charge in [-0.2, -0.15) is 0 Å². The molecule has 15 heavy (non-hydrogen) atoms. The van der Waals surface area contributed by atoms with Gasteiger partial charge in [-0.3, -0.25) is 0 Å². The number of hydrogen-bond donors (Lipinski definition) is 1. The van der Waals surface area contributed by atoms with Crippen LogP contribution in [0.25, 0.3) is 0 Å². The van der Waals surface area contributed by atoms with E-state index in [1.165, 1.54) is 32.1 Å². The van der Waals surface area contributed by atoms with Gasteiger partial charge in [0.25, 0.3) is 0 Å². The minimum atomic E-state index is 0.663. The van der Waals surface area contributed by atoms with Crippen molar-refractivity contribution in [1.29, 1.82) is 0 Å². The van der Waals surface area contributed by atoms with Crippen molar-refractivity contribution < 1.29 is 4.74 Å². The van der Waals surface area contributed by atoms with Crippen LogP contribution in [-0.4, -0.2) is 25.8 Å². The number of hydrogen-bond acceptors (Lipinski definition) is 2. The highest BCUT2D eigenvalue weighted by molar-refractivity contribution is 4.65. The third kappa shape index (κ3) is 10.2. The third-order valence-corrected chi connectivity index (χ3v) is 2.57. The van der Waals surface area contributed by atoms with Crippen LogP contribution in [0.4, 0.5) is 0 Å². The maximum Gasteiger partial charge on any atom is 0.0480 e. The molecule has 0 aliphatic rings. The molecule has 2 heteroatoms. The molecule has 0 aromatic carbocycles. The van der Waals surface area contributed by atoms with Gasteiger partial charge in [0, 0.05) is 19.3 Å². The number of rotatable bonds is 11. The molecular formula is C13H29NO. The highest BCUT2D eigenvalue weighted by atomic mass is 16.5. The minimum absolute atomic E-state index is 0.663. The second-order valence-corrected chi connectivity index (χ2v) is 4.19. The fourth-order valence-corrected chi connectivity index (χ4v) is 1.62. The summed E-state index contributed by atoms with van der Waals surface area (Å²) in [6.07, 6.45) is 7.34. The van der Waals surface area contributed by atoms with E-state index in [0.29, 0.717) is 6.04 Å². The summed E-state index contributed by atoms with van der Waals surface area (Å²) in [7, 11) is 0. The standard InChI is InChI=1S/C13H29NO/c1-4-7-11-15-12-9-13(8-5-2)14-10-6-3/h13-14H,4-12H2,1-3H3. The monoisotopic (exact) mass is 215 g/mol. The average molecular weight is 215 g/mol. The number of nitrogens with one attached hydrogen (secondary N) is 1. The highest BCUT2D eigenvalue weighted by Crippen LogP contribution is 2.02. The molecule has 0 aliphatic heterocycles. The summed E-state index contributed by atoms with van der Waals surface area (Å²) in [4.78, 5) is 0. The first-order chi connectivity index (χ1) is 7.35. The van der Waals surface area contributed by atoms with Crippen LogP contribution in [0.5, 0.6) is 0 Å². The van der Waals surface area contributed by atoms with Crippen molar-refractivity contribution in [2.45, 2.75) is 65.3 Å². The van der Waals surface area contributed by atoms with Crippen molar-refractivity contribution in [1.82, 2.24) is 5.32 Å². The summed E-state index contributed by atoms with van der Waals surface area (Å²) in [6.45, 7) is 9.66. The molecule has 0 saturated carbocycles. The lowest BCUT2D eigenvalue weighted by Crippen LogP contribution is -2.30. The Labute approximate surface area is 95.8 Å². The van der Waals surface area contributed by atoms with Crippen molar-refractivity contribution in [2.24, 2.45) is 0 Å². The Bertz CT molecular complexity index is 117. The molecule has 1 N–H and O–H groups in total. The summed E-state index contributed by atoms with van der Waals surface area (Å²) in [5.74, 6) is 0. The zero-order valence-electron chi connectivity index (χ0n) is 10.8. The van der Waals surface area contributed by atoms with Gasteiger partial charge in [-0.05, 0) is 32.2 Å². The Morgan fingerprint density at radius 3 is 2.33 bits per heavy atom. The molecule has 0 aromatic heterocycles. The van der Waals surface area contributed by atoms with Gasteiger partial charge in [0.05, 0.1) is 0 Å². The molecule has 0 saturated heterocycles. The average Bonchev–Trinajstić information content (AvgIpc) is 2.25. The van der Waals surface area contributed by atoms with Gasteiger partial charge < -0.3 is 10.1 Å². The molecule has 0 spiro atoms. The molecule has 1 atom stereocenters. The predicted molar refractivity (Wildman–Crippen MR) is 67.3 cm³/mol. The Balaban J connectivity index is 3.38. The Morgan fingerprint density at radius 1 is 0.933 bits per heavy atom. The molecule has 92 valence electrons. The van der Waals surface area contributed by atoms with Gasteiger partial charge >= 0.3 is 0 Å². The van der Waals surface area contributed by atoms with Crippen LogP contribution >= 0.6 is 0 Å². The normalized spacial score (nSPS) is 13.0. The molecule has 0 fully saturated rings. The second kappa shape index (κ2) is 12.0. The van der Waals surface area contributed by atoms with E-state index in [4.69, 9.17) is 4.74 Å². The van der Waals surface area contributed by atoms with Crippen LogP contribution in [0.15, 0.2) is 0 Å². The van der Waals surface area contributed by atoms with Crippen molar-refractivity contribution in [3.05, 3.63) is 0 Å². The van der Waals surface area contributed by atoms with Crippen molar-refractivity contribution >= 4 is 0 Å². The van der Waals surface area contributed by atoms with Crippen molar-refractivity contribution in [3.63, 3.8) is 0 Å². The Kier molecular flexibility index (Phi) is 11.9. The molecule has 0 aliphatic carbocycles. The van der Waals surface area contributed by atoms with Gasteiger partial charge in [-0.25, -0.2) is 0 Å². The SMILES string of the molecule is CCCCOCCC(CCC)NCCC. The van der Waals surface area contributed by atoms with Crippen LogP contribution in [0.1, 0.15) is 59.3 Å². The zero-order valence-corrected chi connectivity index (χ0v) is 10.8. The third-order valence-electron chi connectivity index (χ3n) is 2.57. The number of unbranched alkanes of at least 4 members (excludes halogenated alkanes) is 1. The lowest BCUT2D eigenvalue weighted by atomic mass is 10.1. The maximum absolute atomic E-state index is 5.59. The molecule has 2 nitrogen and oxygen atoms in total. The van der Waals surface area contributed by atoms with E-state index >= 15 is 0 Å². The van der Waals surface area contributed by atoms with Crippen molar-refractivity contribution in [3.8, 4) is 0 Å². The minimum Gasteiger partial charge on any atom is -0.381 e. The topological polar surface area (TPSA) is 21.3 Å². The van der Waals surface area contributed by atoms with E-state index in [2.05, 4.69) is 26.1 Å². The summed E-state index contributed by atoms with van der Waals surface area (Å²) in [5, 5.41) is 3.58. The second-order valence-electron chi connectivity index (χ2n) is 4.19. The molecule has 0 heterocycles. The molecule has 0 amide bonds. The lowest BCUT2D eigenvalue weighted by Gasteiger charge is -2.17. The van der Waals surface area contributed by atoms with Gasteiger partial charge in [0.15, 0.2) is 0 Å². The smallest absolute Gasteiger partial charge is 0.0480 e. The van der Waals surface area contributed by atoms with E-state index in [-0.39, 0.29) is 0 Å². The molecular weight excluding hydrogens is 186 g/mol. The first kappa shape index (κ1) is 14.9. The predicted octanol–water partition coefficient (Wildman–Crippen LogP) is 3.36. The summed E-state index contributed by atoms with van der Waals surface area (Å²) in [5.41, 5.74) is 0. The first-order valence-electron chi connectivity index (χ1n) is 6.66. The zero-order chi connectivity index (χ0) is 11.4. The van der Waals surface area contributed by atoms with Gasteiger partial charge in [-0.15, -0.1) is 0 Å². The summed E-state index contributed by atoms with van der Waals surface area (Å²) < 4.78 is 5.59. The number of ether oxygens (including phenoxy) is 1. The van der Waals surface area contributed by atoms with Gasteiger partial charge in [-0.1, -0.05) is 33.6 Å². The van der Waals surface area contributed by atoms with Crippen LogP contribution in [0.2, 0.25) is 0 Å². The first-order valence-corrected chi connectivity index (χ1v) is 6.66. The molecule has 0 aromatic rings. The van der Waals surface area contributed by atoms with Gasteiger partial charge in [0.2, 0.25) is 0 Å². The largest absolute Gasteiger partial charge is 0.381 e. The van der Waals surface area contributed by atoms with Crippen LogP contribution in [-0.2, 0) is 4.74 Å². The lowest BCUT2D eigenvalue weighted by molar-refractivity contribution is 0.120. The summed E-state index contributed by atoms with van der Waals surface area (Å²) in [6, 6.07) is 0.663. The fourth-order valence-electron chi connectivity index (χ4n) is 1.62. The van der Waals surface area contributed by atoms with E-state index < -0.39 is 0 Å². The fraction of sp³-hybridized carbons (Fsp3) is 1.00. The van der Waals surface area contributed by atoms with E-state index in [1.807, 2.05) is 0 Å².